The van der Waals surface area contributed by atoms with Crippen LogP contribution in [0, 0.1) is 25.6 Å². The van der Waals surface area contributed by atoms with Crippen LogP contribution in [0.4, 0.5) is 4.39 Å². The quantitative estimate of drug-likeness (QED) is 0.267. The second kappa shape index (κ2) is 13.0. The van der Waals surface area contributed by atoms with E-state index < -0.39 is 0 Å². The van der Waals surface area contributed by atoms with Crippen LogP contribution < -0.4 is 0 Å². The minimum absolute atomic E-state index is 0.114. The van der Waals surface area contributed by atoms with Crippen molar-refractivity contribution in [1.29, 1.82) is 0 Å². The van der Waals surface area contributed by atoms with E-state index in [0.29, 0.717) is 0 Å². The van der Waals surface area contributed by atoms with Gasteiger partial charge in [-0.3, -0.25) is 4.79 Å². The number of rotatable bonds is 3. The predicted molar refractivity (Wildman–Crippen MR) is 150 cm³/mol. The molecule has 0 fully saturated rings. The second-order valence-corrected chi connectivity index (χ2v) is 9.64. The van der Waals surface area contributed by atoms with Gasteiger partial charge >= 0.3 is 0 Å². The van der Waals surface area contributed by atoms with Gasteiger partial charge in [0.25, 0.3) is 0 Å². The third-order valence-electron chi connectivity index (χ3n) is 6.60. The number of carbonyl (C=O) groups is 1. The summed E-state index contributed by atoms with van der Waals surface area (Å²) in [7, 11) is 0. The molecule has 1 aliphatic rings. The molecule has 4 aromatic carbocycles. The van der Waals surface area contributed by atoms with E-state index in [1.54, 1.807) is 25.0 Å². The van der Waals surface area contributed by atoms with Gasteiger partial charge in [-0.25, -0.2) is 4.39 Å². The molecule has 0 N–H and O–H groups in total. The van der Waals surface area contributed by atoms with Gasteiger partial charge < -0.3 is 0 Å². The van der Waals surface area contributed by atoms with Crippen LogP contribution in [0.3, 0.4) is 0 Å². The van der Waals surface area contributed by atoms with Crippen molar-refractivity contribution in [1.82, 2.24) is 0 Å². The molecule has 0 saturated heterocycles. The van der Waals surface area contributed by atoms with Crippen molar-refractivity contribution < 1.29 is 9.18 Å². The minimum atomic E-state index is -0.114. The number of carbonyl (C=O) groups excluding carboxylic acids is 1. The third-order valence-corrected chi connectivity index (χ3v) is 6.60. The molecule has 0 bridgehead atoms. The zero-order valence-corrected chi connectivity index (χ0v) is 22.1. The molecule has 5 rings (SSSR count). The van der Waals surface area contributed by atoms with E-state index in [2.05, 4.69) is 38.1 Å². The summed E-state index contributed by atoms with van der Waals surface area (Å²) in [5.74, 6) is 0.881. The highest BCUT2D eigenvalue weighted by atomic mass is 19.1. The monoisotopic (exact) mass is 480 g/mol. The fraction of sp³-hybridized carbons (Fsp3) is 0.265. The first kappa shape index (κ1) is 27.1. The number of hydrogen-bond acceptors (Lipinski definition) is 1. The molecular weight excluding hydrogens is 443 g/mol. The van der Waals surface area contributed by atoms with Gasteiger partial charge in [0.05, 0.1) is 0 Å². The normalized spacial score (nSPS) is 12.1. The summed E-state index contributed by atoms with van der Waals surface area (Å²) >= 11 is 0. The summed E-state index contributed by atoms with van der Waals surface area (Å²) in [5.41, 5.74) is 9.04. The van der Waals surface area contributed by atoms with E-state index in [9.17, 15) is 9.18 Å². The molecule has 0 aromatic heterocycles. The Labute approximate surface area is 216 Å². The van der Waals surface area contributed by atoms with Gasteiger partial charge in [0.15, 0.2) is 5.78 Å². The molecule has 0 radical (unpaired) electrons. The minimum Gasteiger partial charge on any atom is -0.294 e. The molecule has 0 heterocycles. The summed E-state index contributed by atoms with van der Waals surface area (Å²) in [6.07, 6.45) is 3.55. The lowest BCUT2D eigenvalue weighted by Crippen LogP contribution is -1.99. The average Bonchev–Trinajstić information content (AvgIpc) is 3.27. The molecule has 186 valence electrons. The molecule has 1 aliphatic carbocycles. The van der Waals surface area contributed by atoms with Crippen LogP contribution in [0.2, 0.25) is 0 Å². The fourth-order valence-corrected chi connectivity index (χ4v) is 4.70. The van der Waals surface area contributed by atoms with E-state index in [4.69, 9.17) is 0 Å². The highest BCUT2D eigenvalue weighted by Crippen LogP contribution is 2.26. The van der Waals surface area contributed by atoms with Crippen molar-refractivity contribution in [3.8, 4) is 11.1 Å². The van der Waals surface area contributed by atoms with Crippen molar-refractivity contribution in [2.75, 3.05) is 0 Å². The highest BCUT2D eigenvalue weighted by molar-refractivity contribution is 6.02. The van der Waals surface area contributed by atoms with Gasteiger partial charge in [-0.2, -0.15) is 0 Å². The van der Waals surface area contributed by atoms with Crippen LogP contribution in [-0.4, -0.2) is 5.78 Å². The Morgan fingerprint density at radius 1 is 0.806 bits per heavy atom. The van der Waals surface area contributed by atoms with Crippen LogP contribution in [-0.2, 0) is 19.3 Å². The Kier molecular flexibility index (Phi) is 9.76. The van der Waals surface area contributed by atoms with Gasteiger partial charge in [0.2, 0.25) is 0 Å². The Morgan fingerprint density at radius 2 is 1.42 bits per heavy atom. The molecule has 0 unspecified atom stereocenters. The highest BCUT2D eigenvalue weighted by Gasteiger charge is 2.15. The number of hydrogen-bond donors (Lipinski definition) is 0. The van der Waals surface area contributed by atoms with Crippen LogP contribution in [0.25, 0.3) is 11.1 Å². The third kappa shape index (κ3) is 7.24. The van der Waals surface area contributed by atoms with Crippen molar-refractivity contribution in [3.63, 3.8) is 0 Å². The van der Waals surface area contributed by atoms with Crippen molar-refractivity contribution in [3.05, 3.63) is 130 Å². The molecule has 2 heteroatoms. The molecule has 0 saturated carbocycles. The van der Waals surface area contributed by atoms with Crippen molar-refractivity contribution in [2.24, 2.45) is 5.92 Å². The number of ketones is 1. The molecule has 1 nitrogen and oxygen atoms in total. The largest absolute Gasteiger partial charge is 0.294 e. The molecule has 0 aliphatic heterocycles. The Balaban J connectivity index is 0.000000157. The fourth-order valence-electron chi connectivity index (χ4n) is 4.70. The Hall–Kier alpha value is -3.52. The standard InChI is InChI=1S/C15H14O.C10H12.C9H11F/c1-11-7-6-10-14(15(11)12(2)16)13-8-4-3-5-9-13;1-8-6-9-4-2-3-5-10(9)7-8;1-3-8-4-5-9(10)7(2)6-8/h3-10H,1-2H3;2-5,8H,6-7H2,1H3;4-6H,3H2,1-2H3. The topological polar surface area (TPSA) is 17.1 Å². The summed E-state index contributed by atoms with van der Waals surface area (Å²) in [5, 5.41) is 0. The van der Waals surface area contributed by atoms with Gasteiger partial charge in [-0.15, -0.1) is 0 Å². The Bertz CT molecular complexity index is 1260. The van der Waals surface area contributed by atoms with Crippen LogP contribution in [0.15, 0.2) is 91.0 Å². The maximum absolute atomic E-state index is 12.6. The Morgan fingerprint density at radius 3 is 1.97 bits per heavy atom. The summed E-state index contributed by atoms with van der Waals surface area (Å²) < 4.78 is 12.6. The maximum atomic E-state index is 12.6. The van der Waals surface area contributed by atoms with E-state index in [1.165, 1.54) is 24.5 Å². The first-order valence-corrected chi connectivity index (χ1v) is 12.8. The SMILES string of the molecule is CC(=O)c1c(C)cccc1-c1ccccc1.CC1Cc2ccccc2C1.CCc1ccc(F)c(C)c1. The van der Waals surface area contributed by atoms with Gasteiger partial charge in [0, 0.05) is 5.56 Å². The summed E-state index contributed by atoms with van der Waals surface area (Å²) in [6, 6.07) is 30.0. The van der Waals surface area contributed by atoms with E-state index in [0.717, 1.165) is 40.2 Å². The smallest absolute Gasteiger partial charge is 0.160 e. The second-order valence-electron chi connectivity index (χ2n) is 9.64. The number of halogens is 1. The first-order chi connectivity index (χ1) is 17.3. The van der Waals surface area contributed by atoms with Gasteiger partial charge in [-0.1, -0.05) is 98.8 Å². The van der Waals surface area contributed by atoms with Crippen molar-refractivity contribution in [2.45, 2.75) is 53.9 Å². The van der Waals surface area contributed by atoms with Gasteiger partial charge in [0.1, 0.15) is 5.82 Å². The number of fused-ring (bicyclic) bond motifs is 1. The lowest BCUT2D eigenvalue weighted by Gasteiger charge is -2.09. The molecule has 0 atom stereocenters. The van der Waals surface area contributed by atoms with E-state index >= 15 is 0 Å². The first-order valence-electron chi connectivity index (χ1n) is 12.8. The summed E-state index contributed by atoms with van der Waals surface area (Å²) in [6.45, 7) is 9.76. The summed E-state index contributed by atoms with van der Waals surface area (Å²) in [4.78, 5) is 11.7. The predicted octanol–water partition coefficient (Wildman–Crippen LogP) is 8.98. The lowest BCUT2D eigenvalue weighted by atomic mass is 9.94. The number of benzene rings is 4. The van der Waals surface area contributed by atoms with E-state index in [-0.39, 0.29) is 11.6 Å². The zero-order chi connectivity index (χ0) is 26.1. The van der Waals surface area contributed by atoms with Crippen molar-refractivity contribution >= 4 is 5.78 Å². The van der Waals surface area contributed by atoms with Gasteiger partial charge in [-0.05, 0) is 91.0 Å². The van der Waals surface area contributed by atoms with Crippen LogP contribution in [0.1, 0.15) is 58.9 Å². The molecule has 0 amide bonds. The molecule has 0 spiro atoms. The van der Waals surface area contributed by atoms with Crippen LogP contribution >= 0.6 is 0 Å². The molecule has 36 heavy (non-hydrogen) atoms. The lowest BCUT2D eigenvalue weighted by molar-refractivity contribution is 0.101. The number of Topliss-reactive ketones (excluding diaryl/α,β-unsaturated/α-hetero) is 1. The maximum Gasteiger partial charge on any atom is 0.160 e. The van der Waals surface area contributed by atoms with E-state index in [1.807, 2.05) is 67.6 Å². The molecule has 4 aromatic rings. The molecular formula is C34H37FO. The zero-order valence-electron chi connectivity index (χ0n) is 22.1. The average molecular weight is 481 g/mol. The van der Waals surface area contributed by atoms with Crippen LogP contribution in [0.5, 0.6) is 0 Å². The number of aryl methyl sites for hydroxylation is 3.